The SMILES string of the molecule is COCCC1CCN(C(=O)CCc2ccccc2OC)CC1. The zero-order valence-electron chi connectivity index (χ0n) is 13.7. The Bertz CT molecular complexity index is 467. The number of carbonyl (C=O) groups is 1. The fraction of sp³-hybridized carbons (Fsp3) is 0.611. The summed E-state index contributed by atoms with van der Waals surface area (Å²) in [7, 11) is 3.42. The molecule has 0 bridgehead atoms. The Balaban J connectivity index is 1.76. The molecule has 0 unspecified atom stereocenters. The lowest BCUT2D eigenvalue weighted by Crippen LogP contribution is -2.38. The molecule has 2 rings (SSSR count). The van der Waals surface area contributed by atoms with Crippen LogP contribution in [0.15, 0.2) is 24.3 Å². The van der Waals surface area contributed by atoms with E-state index >= 15 is 0 Å². The zero-order valence-corrected chi connectivity index (χ0v) is 13.7. The summed E-state index contributed by atoms with van der Waals surface area (Å²) in [5.41, 5.74) is 1.10. The largest absolute Gasteiger partial charge is 0.496 e. The number of ether oxygens (including phenoxy) is 2. The molecule has 0 spiro atoms. The Labute approximate surface area is 133 Å². The molecule has 1 saturated heterocycles. The summed E-state index contributed by atoms with van der Waals surface area (Å²) in [5, 5.41) is 0. The van der Waals surface area contributed by atoms with Crippen LogP contribution in [-0.4, -0.2) is 44.7 Å². The van der Waals surface area contributed by atoms with E-state index in [2.05, 4.69) is 0 Å². The maximum absolute atomic E-state index is 12.4. The second-order valence-electron chi connectivity index (χ2n) is 5.92. The van der Waals surface area contributed by atoms with Gasteiger partial charge in [-0.2, -0.15) is 0 Å². The summed E-state index contributed by atoms with van der Waals surface area (Å²) in [4.78, 5) is 14.4. The minimum absolute atomic E-state index is 0.260. The van der Waals surface area contributed by atoms with Crippen LogP contribution in [0.4, 0.5) is 0 Å². The lowest BCUT2D eigenvalue weighted by atomic mass is 9.93. The molecule has 4 heteroatoms. The number of piperidine rings is 1. The summed E-state index contributed by atoms with van der Waals surface area (Å²) < 4.78 is 10.5. The molecule has 4 nitrogen and oxygen atoms in total. The molecule has 1 fully saturated rings. The third-order valence-corrected chi connectivity index (χ3v) is 4.50. The van der Waals surface area contributed by atoms with Gasteiger partial charge in [0.15, 0.2) is 0 Å². The third kappa shape index (κ3) is 4.73. The fourth-order valence-electron chi connectivity index (χ4n) is 3.06. The number of benzene rings is 1. The van der Waals surface area contributed by atoms with Crippen LogP contribution >= 0.6 is 0 Å². The van der Waals surface area contributed by atoms with E-state index < -0.39 is 0 Å². The molecule has 1 heterocycles. The average molecular weight is 305 g/mol. The molecule has 1 aliphatic heterocycles. The predicted molar refractivity (Wildman–Crippen MR) is 87.1 cm³/mol. The van der Waals surface area contributed by atoms with Gasteiger partial charge in [-0.3, -0.25) is 4.79 Å². The molecule has 1 aliphatic rings. The highest BCUT2D eigenvalue weighted by Crippen LogP contribution is 2.22. The van der Waals surface area contributed by atoms with E-state index in [-0.39, 0.29) is 5.91 Å². The number of aryl methyl sites for hydroxylation is 1. The van der Waals surface area contributed by atoms with Gasteiger partial charge in [0.05, 0.1) is 7.11 Å². The highest BCUT2D eigenvalue weighted by atomic mass is 16.5. The van der Waals surface area contributed by atoms with Crippen molar-refractivity contribution in [2.45, 2.75) is 32.1 Å². The summed E-state index contributed by atoms with van der Waals surface area (Å²) in [6.07, 6.45) is 4.61. The monoisotopic (exact) mass is 305 g/mol. The van der Waals surface area contributed by atoms with Crippen LogP contribution in [0.2, 0.25) is 0 Å². The first-order valence-electron chi connectivity index (χ1n) is 8.13. The highest BCUT2D eigenvalue weighted by molar-refractivity contribution is 5.76. The molecule has 1 aromatic carbocycles. The van der Waals surface area contributed by atoms with Crippen molar-refractivity contribution < 1.29 is 14.3 Å². The van der Waals surface area contributed by atoms with Crippen LogP contribution in [0.1, 0.15) is 31.2 Å². The number of likely N-dealkylation sites (tertiary alicyclic amines) is 1. The predicted octanol–water partition coefficient (Wildman–Crippen LogP) is 2.90. The van der Waals surface area contributed by atoms with E-state index in [0.717, 1.165) is 56.7 Å². The Morgan fingerprint density at radius 1 is 1.23 bits per heavy atom. The van der Waals surface area contributed by atoms with Gasteiger partial charge in [-0.15, -0.1) is 0 Å². The molecule has 0 N–H and O–H groups in total. The normalized spacial score (nSPS) is 15.8. The number of nitrogens with zero attached hydrogens (tertiary/aromatic N) is 1. The van der Waals surface area contributed by atoms with Crippen LogP contribution in [0.25, 0.3) is 0 Å². The van der Waals surface area contributed by atoms with E-state index in [9.17, 15) is 4.79 Å². The molecule has 0 aliphatic carbocycles. The Morgan fingerprint density at radius 2 is 1.95 bits per heavy atom. The number of hydrogen-bond donors (Lipinski definition) is 0. The van der Waals surface area contributed by atoms with Gasteiger partial charge in [0.25, 0.3) is 0 Å². The minimum atomic E-state index is 0.260. The summed E-state index contributed by atoms with van der Waals surface area (Å²) in [5.74, 6) is 1.84. The standard InChI is InChI=1S/C18H27NO3/c1-21-14-11-15-9-12-19(13-10-15)18(20)8-7-16-5-3-4-6-17(16)22-2/h3-6,15H,7-14H2,1-2H3. The molecule has 22 heavy (non-hydrogen) atoms. The van der Waals surface area contributed by atoms with Gasteiger partial charge in [-0.05, 0) is 43.2 Å². The Kier molecular flexibility index (Phi) is 6.72. The van der Waals surface area contributed by atoms with E-state index in [1.807, 2.05) is 29.2 Å². The third-order valence-electron chi connectivity index (χ3n) is 4.50. The van der Waals surface area contributed by atoms with Crippen molar-refractivity contribution >= 4 is 5.91 Å². The van der Waals surface area contributed by atoms with Gasteiger partial charge in [-0.1, -0.05) is 18.2 Å². The fourth-order valence-corrected chi connectivity index (χ4v) is 3.06. The molecule has 122 valence electrons. The van der Waals surface area contributed by atoms with Gasteiger partial charge in [0, 0.05) is 33.2 Å². The number of hydrogen-bond acceptors (Lipinski definition) is 3. The number of para-hydroxylation sites is 1. The van der Waals surface area contributed by atoms with Crippen molar-refractivity contribution in [1.29, 1.82) is 0 Å². The molecule has 0 atom stereocenters. The van der Waals surface area contributed by atoms with E-state index in [1.54, 1.807) is 14.2 Å². The highest BCUT2D eigenvalue weighted by Gasteiger charge is 2.22. The topological polar surface area (TPSA) is 38.8 Å². The lowest BCUT2D eigenvalue weighted by Gasteiger charge is -2.32. The molecular formula is C18H27NO3. The van der Waals surface area contributed by atoms with Crippen molar-refractivity contribution in [2.75, 3.05) is 33.9 Å². The summed E-state index contributed by atoms with van der Waals surface area (Å²) in [6.45, 7) is 2.60. The molecule has 0 radical (unpaired) electrons. The van der Waals surface area contributed by atoms with Crippen LogP contribution in [0.5, 0.6) is 5.75 Å². The lowest BCUT2D eigenvalue weighted by molar-refractivity contribution is -0.132. The molecule has 1 aromatic rings. The first-order valence-corrected chi connectivity index (χ1v) is 8.13. The van der Waals surface area contributed by atoms with Crippen molar-refractivity contribution in [1.82, 2.24) is 4.90 Å². The van der Waals surface area contributed by atoms with Gasteiger partial charge in [0.2, 0.25) is 5.91 Å². The molecule has 0 aromatic heterocycles. The van der Waals surface area contributed by atoms with E-state index in [0.29, 0.717) is 12.3 Å². The van der Waals surface area contributed by atoms with Crippen LogP contribution in [0, 0.1) is 5.92 Å². The van der Waals surface area contributed by atoms with Crippen LogP contribution in [0.3, 0.4) is 0 Å². The average Bonchev–Trinajstić information content (AvgIpc) is 2.58. The van der Waals surface area contributed by atoms with Crippen molar-refractivity contribution in [3.8, 4) is 5.75 Å². The summed E-state index contributed by atoms with van der Waals surface area (Å²) >= 11 is 0. The summed E-state index contributed by atoms with van der Waals surface area (Å²) in [6, 6.07) is 7.92. The maximum Gasteiger partial charge on any atom is 0.222 e. The van der Waals surface area contributed by atoms with Crippen molar-refractivity contribution in [2.24, 2.45) is 5.92 Å². The first kappa shape index (κ1) is 16.8. The number of methoxy groups -OCH3 is 2. The second-order valence-corrected chi connectivity index (χ2v) is 5.92. The Hall–Kier alpha value is -1.55. The molecular weight excluding hydrogens is 278 g/mol. The second kappa shape index (κ2) is 8.79. The van der Waals surface area contributed by atoms with Gasteiger partial charge in [-0.25, -0.2) is 0 Å². The van der Waals surface area contributed by atoms with E-state index in [4.69, 9.17) is 9.47 Å². The van der Waals surface area contributed by atoms with E-state index in [1.165, 1.54) is 0 Å². The Morgan fingerprint density at radius 3 is 2.64 bits per heavy atom. The smallest absolute Gasteiger partial charge is 0.222 e. The zero-order chi connectivity index (χ0) is 15.8. The molecule has 0 saturated carbocycles. The quantitative estimate of drug-likeness (QED) is 0.777. The number of rotatable bonds is 7. The van der Waals surface area contributed by atoms with Gasteiger partial charge < -0.3 is 14.4 Å². The maximum atomic E-state index is 12.4. The first-order chi connectivity index (χ1) is 10.7. The van der Waals surface area contributed by atoms with Crippen LogP contribution in [-0.2, 0) is 16.0 Å². The van der Waals surface area contributed by atoms with Crippen LogP contribution < -0.4 is 4.74 Å². The number of amides is 1. The number of carbonyl (C=O) groups excluding carboxylic acids is 1. The molecule has 1 amide bonds. The van der Waals surface area contributed by atoms with Gasteiger partial charge >= 0.3 is 0 Å². The van der Waals surface area contributed by atoms with Crippen molar-refractivity contribution in [3.63, 3.8) is 0 Å². The van der Waals surface area contributed by atoms with Gasteiger partial charge in [0.1, 0.15) is 5.75 Å². The minimum Gasteiger partial charge on any atom is -0.496 e. The van der Waals surface area contributed by atoms with Crippen molar-refractivity contribution in [3.05, 3.63) is 29.8 Å².